The summed E-state index contributed by atoms with van der Waals surface area (Å²) in [5.74, 6) is 0.664. The standard InChI is InChI=1S/C14H16ClFN2O/c1-9(12-6-3-7-19-12)18-11-5-2-4-10(16)14(11)17-13(18)8-15/h2,4-5,9,12H,3,6-8H2,1H3. The zero-order valence-corrected chi connectivity index (χ0v) is 11.5. The number of alkyl halides is 1. The Bertz CT molecular complexity index is 592. The Morgan fingerprint density at radius 3 is 3.11 bits per heavy atom. The first-order valence-electron chi connectivity index (χ1n) is 6.55. The van der Waals surface area contributed by atoms with Crippen molar-refractivity contribution in [3.63, 3.8) is 0 Å². The number of aromatic nitrogens is 2. The topological polar surface area (TPSA) is 27.1 Å². The van der Waals surface area contributed by atoms with Gasteiger partial charge in [-0.3, -0.25) is 0 Å². The molecule has 0 radical (unpaired) electrons. The molecule has 1 saturated heterocycles. The number of imidazole rings is 1. The second-order valence-corrected chi connectivity index (χ2v) is 5.20. The lowest BCUT2D eigenvalue weighted by atomic mass is 10.1. The molecule has 3 nitrogen and oxygen atoms in total. The zero-order chi connectivity index (χ0) is 13.4. The molecule has 2 atom stereocenters. The molecular weight excluding hydrogens is 267 g/mol. The van der Waals surface area contributed by atoms with Crippen LogP contribution in [0.1, 0.15) is 31.6 Å². The lowest BCUT2D eigenvalue weighted by Crippen LogP contribution is -2.22. The van der Waals surface area contributed by atoms with Crippen LogP contribution in [0, 0.1) is 5.82 Å². The van der Waals surface area contributed by atoms with Crippen LogP contribution in [-0.2, 0) is 10.6 Å². The van der Waals surface area contributed by atoms with E-state index >= 15 is 0 Å². The van der Waals surface area contributed by atoms with Crippen molar-refractivity contribution in [1.82, 2.24) is 9.55 Å². The summed E-state index contributed by atoms with van der Waals surface area (Å²) in [7, 11) is 0. The monoisotopic (exact) mass is 282 g/mol. The minimum absolute atomic E-state index is 0.114. The van der Waals surface area contributed by atoms with Crippen LogP contribution in [0.25, 0.3) is 11.0 Å². The molecule has 0 amide bonds. The molecule has 0 saturated carbocycles. The van der Waals surface area contributed by atoms with Gasteiger partial charge in [0, 0.05) is 6.61 Å². The Kier molecular flexibility index (Phi) is 3.46. The highest BCUT2D eigenvalue weighted by Crippen LogP contribution is 2.30. The summed E-state index contributed by atoms with van der Waals surface area (Å²) in [6.45, 7) is 2.88. The smallest absolute Gasteiger partial charge is 0.151 e. The zero-order valence-electron chi connectivity index (χ0n) is 10.8. The molecule has 102 valence electrons. The summed E-state index contributed by atoms with van der Waals surface area (Å²) in [6, 6.07) is 5.13. The minimum Gasteiger partial charge on any atom is -0.376 e. The van der Waals surface area contributed by atoms with Gasteiger partial charge < -0.3 is 9.30 Å². The fraction of sp³-hybridized carbons (Fsp3) is 0.500. The van der Waals surface area contributed by atoms with Crippen LogP contribution in [0.2, 0.25) is 0 Å². The van der Waals surface area contributed by atoms with Crippen LogP contribution in [0.15, 0.2) is 18.2 Å². The summed E-state index contributed by atoms with van der Waals surface area (Å²) in [5.41, 5.74) is 1.18. The maximum atomic E-state index is 13.8. The number of nitrogens with zero attached hydrogens (tertiary/aromatic N) is 2. The molecule has 1 aromatic carbocycles. The molecule has 3 rings (SSSR count). The van der Waals surface area contributed by atoms with E-state index in [1.54, 1.807) is 6.07 Å². The van der Waals surface area contributed by atoms with E-state index in [1.165, 1.54) is 6.07 Å². The summed E-state index contributed by atoms with van der Waals surface area (Å²) in [5, 5.41) is 0. The molecule has 0 spiro atoms. The van der Waals surface area contributed by atoms with Crippen LogP contribution in [0.3, 0.4) is 0 Å². The molecule has 2 aromatic rings. The van der Waals surface area contributed by atoms with Gasteiger partial charge in [0.05, 0.1) is 23.5 Å². The van der Waals surface area contributed by atoms with Crippen molar-refractivity contribution < 1.29 is 9.13 Å². The lowest BCUT2D eigenvalue weighted by molar-refractivity contribution is 0.0738. The van der Waals surface area contributed by atoms with E-state index in [0.717, 1.165) is 25.0 Å². The van der Waals surface area contributed by atoms with Gasteiger partial charge in [0.15, 0.2) is 5.82 Å². The number of ether oxygens (including phenoxy) is 1. The average Bonchev–Trinajstić information content (AvgIpc) is 3.05. The highest BCUT2D eigenvalue weighted by Gasteiger charge is 2.27. The van der Waals surface area contributed by atoms with E-state index in [4.69, 9.17) is 16.3 Å². The van der Waals surface area contributed by atoms with Crippen LogP contribution in [0.5, 0.6) is 0 Å². The Balaban J connectivity index is 2.12. The van der Waals surface area contributed by atoms with Crippen molar-refractivity contribution in [3.8, 4) is 0 Å². The largest absolute Gasteiger partial charge is 0.376 e. The second kappa shape index (κ2) is 5.10. The first-order valence-corrected chi connectivity index (χ1v) is 7.08. The van der Waals surface area contributed by atoms with Crippen LogP contribution in [0.4, 0.5) is 4.39 Å². The minimum atomic E-state index is -0.304. The molecule has 2 heterocycles. The lowest BCUT2D eigenvalue weighted by Gasteiger charge is -2.22. The average molecular weight is 283 g/mol. The fourth-order valence-corrected chi connectivity index (χ4v) is 3.02. The number of para-hydroxylation sites is 1. The molecule has 0 N–H and O–H groups in total. The van der Waals surface area contributed by atoms with Gasteiger partial charge in [0.25, 0.3) is 0 Å². The van der Waals surface area contributed by atoms with E-state index in [1.807, 2.05) is 10.6 Å². The first kappa shape index (κ1) is 12.9. The van der Waals surface area contributed by atoms with E-state index < -0.39 is 0 Å². The van der Waals surface area contributed by atoms with Gasteiger partial charge in [0.1, 0.15) is 11.3 Å². The third-order valence-corrected chi connectivity index (χ3v) is 4.01. The summed E-state index contributed by atoms with van der Waals surface area (Å²) < 4.78 is 21.6. The van der Waals surface area contributed by atoms with E-state index in [-0.39, 0.29) is 23.8 Å². The SMILES string of the molecule is CC(C1CCCO1)n1c(CCl)nc2c(F)cccc21. The highest BCUT2D eigenvalue weighted by molar-refractivity contribution is 6.16. The number of hydrogen-bond donors (Lipinski definition) is 0. The fourth-order valence-electron chi connectivity index (χ4n) is 2.83. The Labute approximate surface area is 116 Å². The van der Waals surface area contributed by atoms with Gasteiger partial charge in [-0.05, 0) is 31.9 Å². The van der Waals surface area contributed by atoms with E-state index in [0.29, 0.717) is 11.3 Å². The highest BCUT2D eigenvalue weighted by atomic mass is 35.5. The number of rotatable bonds is 3. The second-order valence-electron chi connectivity index (χ2n) is 4.93. The van der Waals surface area contributed by atoms with Crippen molar-refractivity contribution in [3.05, 3.63) is 29.8 Å². The quantitative estimate of drug-likeness (QED) is 0.804. The van der Waals surface area contributed by atoms with Gasteiger partial charge in [0.2, 0.25) is 0 Å². The van der Waals surface area contributed by atoms with Gasteiger partial charge in [-0.25, -0.2) is 9.37 Å². The van der Waals surface area contributed by atoms with Gasteiger partial charge in [-0.15, -0.1) is 11.6 Å². The van der Waals surface area contributed by atoms with Gasteiger partial charge in [-0.1, -0.05) is 6.07 Å². The van der Waals surface area contributed by atoms with Crippen LogP contribution >= 0.6 is 11.6 Å². The number of halogens is 2. The van der Waals surface area contributed by atoms with Crippen molar-refractivity contribution in [2.45, 2.75) is 37.8 Å². The maximum absolute atomic E-state index is 13.8. The van der Waals surface area contributed by atoms with Crippen molar-refractivity contribution in [1.29, 1.82) is 0 Å². The molecule has 1 fully saturated rings. The van der Waals surface area contributed by atoms with E-state index in [2.05, 4.69) is 11.9 Å². The molecular formula is C14H16ClFN2O. The molecule has 0 bridgehead atoms. The number of fused-ring (bicyclic) bond motifs is 1. The summed E-state index contributed by atoms with van der Waals surface area (Å²) >= 11 is 5.96. The van der Waals surface area contributed by atoms with Crippen molar-refractivity contribution in [2.75, 3.05) is 6.61 Å². The third kappa shape index (κ3) is 2.13. The third-order valence-electron chi connectivity index (χ3n) is 3.77. The van der Waals surface area contributed by atoms with Gasteiger partial charge >= 0.3 is 0 Å². The molecule has 0 aliphatic carbocycles. The van der Waals surface area contributed by atoms with Crippen molar-refractivity contribution in [2.24, 2.45) is 0 Å². The number of benzene rings is 1. The predicted molar refractivity (Wildman–Crippen MR) is 72.9 cm³/mol. The molecule has 19 heavy (non-hydrogen) atoms. The predicted octanol–water partition coefficient (Wildman–Crippen LogP) is 3.65. The van der Waals surface area contributed by atoms with Crippen LogP contribution < -0.4 is 0 Å². The molecule has 1 aliphatic rings. The molecule has 1 aromatic heterocycles. The normalized spacial score (nSPS) is 21.1. The van der Waals surface area contributed by atoms with E-state index in [9.17, 15) is 4.39 Å². The van der Waals surface area contributed by atoms with Crippen molar-refractivity contribution >= 4 is 22.6 Å². The summed E-state index contributed by atoms with van der Waals surface area (Å²) in [4.78, 5) is 4.32. The first-order chi connectivity index (χ1) is 9.22. The van der Waals surface area contributed by atoms with Crippen LogP contribution in [-0.4, -0.2) is 22.3 Å². The molecule has 2 unspecified atom stereocenters. The molecule has 5 heteroatoms. The van der Waals surface area contributed by atoms with Gasteiger partial charge in [-0.2, -0.15) is 0 Å². The summed E-state index contributed by atoms with van der Waals surface area (Å²) in [6.07, 6.45) is 2.26. The Hall–Kier alpha value is -1.13. The molecule has 1 aliphatic heterocycles. The Morgan fingerprint density at radius 2 is 2.42 bits per heavy atom. The maximum Gasteiger partial charge on any atom is 0.151 e. The Morgan fingerprint density at radius 1 is 1.58 bits per heavy atom. The number of hydrogen-bond acceptors (Lipinski definition) is 2.